The van der Waals surface area contributed by atoms with Crippen molar-refractivity contribution in [3.8, 4) is 21.0 Å². The lowest BCUT2D eigenvalue weighted by Gasteiger charge is -2.24. The van der Waals surface area contributed by atoms with Gasteiger partial charge in [0.15, 0.2) is 6.10 Å². The van der Waals surface area contributed by atoms with E-state index in [1.54, 1.807) is 11.3 Å². The molecule has 3 heterocycles. The number of carbonyl (C=O) groups is 1. The summed E-state index contributed by atoms with van der Waals surface area (Å²) < 4.78 is 39.6. The minimum atomic E-state index is -4.61. The van der Waals surface area contributed by atoms with E-state index in [2.05, 4.69) is 28.2 Å². The van der Waals surface area contributed by atoms with Crippen LogP contribution in [0.4, 0.5) is 13.2 Å². The lowest BCUT2D eigenvalue weighted by molar-refractivity contribution is -0.142. The van der Waals surface area contributed by atoms with Crippen LogP contribution in [0.1, 0.15) is 59.1 Å². The Labute approximate surface area is 266 Å². The molecule has 1 aliphatic heterocycles. The van der Waals surface area contributed by atoms with Gasteiger partial charge in [-0.05, 0) is 60.6 Å². The molecule has 7 nitrogen and oxygen atoms in total. The Bertz CT molecular complexity index is 1990. The lowest BCUT2D eigenvalue weighted by atomic mass is 9.93. The van der Waals surface area contributed by atoms with Crippen LogP contribution in [-0.4, -0.2) is 37.4 Å². The van der Waals surface area contributed by atoms with Crippen LogP contribution in [0.3, 0.4) is 0 Å². The normalized spacial score (nSPS) is 16.4. The maximum atomic E-state index is 13.5. The van der Waals surface area contributed by atoms with Crippen molar-refractivity contribution in [1.82, 2.24) is 19.9 Å². The summed E-state index contributed by atoms with van der Waals surface area (Å²) in [6.45, 7) is 0.134. The van der Waals surface area contributed by atoms with E-state index in [0.717, 1.165) is 57.6 Å². The Hall–Kier alpha value is -4.61. The number of H-pyrrole nitrogens is 1. The average Bonchev–Trinajstić information content (AvgIpc) is 3.79. The van der Waals surface area contributed by atoms with Crippen LogP contribution < -0.4 is 5.56 Å². The number of nitrogens with zero attached hydrogens (tertiary/aromatic N) is 3. The number of aromatic nitrogens is 3. The highest BCUT2D eigenvalue weighted by molar-refractivity contribution is 7.18. The minimum absolute atomic E-state index is 0.0942. The van der Waals surface area contributed by atoms with Crippen molar-refractivity contribution in [3.63, 3.8) is 0 Å². The number of fused-ring (bicyclic) bond motifs is 1. The van der Waals surface area contributed by atoms with Crippen molar-refractivity contribution in [1.29, 1.82) is 0 Å². The molecule has 234 valence electrons. The number of aliphatic hydroxyl groups is 1. The van der Waals surface area contributed by atoms with Crippen LogP contribution in [-0.2, 0) is 29.4 Å². The van der Waals surface area contributed by atoms with Gasteiger partial charge < -0.3 is 15.0 Å². The lowest BCUT2D eigenvalue weighted by Crippen LogP contribution is -2.36. The summed E-state index contributed by atoms with van der Waals surface area (Å²) in [5, 5.41) is 11.6. The second kappa shape index (κ2) is 11.6. The summed E-state index contributed by atoms with van der Waals surface area (Å²) in [5.41, 5.74) is 2.16. The Balaban J connectivity index is 1.13. The number of amides is 1. The van der Waals surface area contributed by atoms with Crippen molar-refractivity contribution in [2.75, 3.05) is 6.54 Å². The summed E-state index contributed by atoms with van der Waals surface area (Å²) in [6.07, 6.45) is -1.94. The second-order valence-electron chi connectivity index (χ2n) is 11.8. The molecule has 1 amide bonds. The Morgan fingerprint density at radius 3 is 2.52 bits per heavy atom. The van der Waals surface area contributed by atoms with Crippen LogP contribution in [0.5, 0.6) is 0 Å². The molecule has 1 atom stereocenters. The van der Waals surface area contributed by atoms with Gasteiger partial charge in [0.05, 0.1) is 33.7 Å². The first kappa shape index (κ1) is 30.1. The van der Waals surface area contributed by atoms with Crippen LogP contribution in [0, 0.1) is 0 Å². The van der Waals surface area contributed by atoms with E-state index in [0.29, 0.717) is 29.9 Å². The minimum Gasteiger partial charge on any atom is -0.378 e. The Morgan fingerprint density at radius 1 is 1.00 bits per heavy atom. The molecule has 46 heavy (non-hydrogen) atoms. The SMILES string of the molecule is O=C([C@H](O)c1cccc(C(F)(F)F)c1)N1CCCc2nc(C3(c4cccc(-c5ncc(-c6ccccc6)s5)c4)CC3)[nH]c(=O)c2C1. The summed E-state index contributed by atoms with van der Waals surface area (Å²) in [7, 11) is 0. The smallest absolute Gasteiger partial charge is 0.378 e. The molecule has 7 rings (SSSR count). The van der Waals surface area contributed by atoms with E-state index < -0.39 is 29.2 Å². The van der Waals surface area contributed by atoms with Gasteiger partial charge in [0.2, 0.25) is 0 Å². The van der Waals surface area contributed by atoms with Crippen LogP contribution >= 0.6 is 11.3 Å². The van der Waals surface area contributed by atoms with Gasteiger partial charge in [0.1, 0.15) is 10.8 Å². The van der Waals surface area contributed by atoms with Gasteiger partial charge in [-0.2, -0.15) is 13.2 Å². The fourth-order valence-electron chi connectivity index (χ4n) is 6.12. The molecule has 0 bridgehead atoms. The first-order valence-corrected chi connectivity index (χ1v) is 15.8. The molecule has 2 aromatic heterocycles. The third-order valence-corrected chi connectivity index (χ3v) is 9.89. The first-order chi connectivity index (χ1) is 22.1. The zero-order valence-corrected chi connectivity index (χ0v) is 25.4. The number of nitrogens with one attached hydrogen (secondary N) is 1. The first-order valence-electron chi connectivity index (χ1n) is 15.0. The topological polar surface area (TPSA) is 99.2 Å². The molecule has 1 aliphatic carbocycles. The summed E-state index contributed by atoms with van der Waals surface area (Å²) in [6, 6.07) is 22.4. The monoisotopic (exact) mass is 642 g/mol. The van der Waals surface area contributed by atoms with E-state index in [4.69, 9.17) is 4.98 Å². The van der Waals surface area contributed by atoms with Crippen molar-refractivity contribution in [2.45, 2.75) is 49.9 Å². The maximum Gasteiger partial charge on any atom is 0.416 e. The zero-order valence-electron chi connectivity index (χ0n) is 24.6. The highest BCUT2D eigenvalue weighted by Gasteiger charge is 2.49. The summed E-state index contributed by atoms with van der Waals surface area (Å²) in [4.78, 5) is 41.7. The van der Waals surface area contributed by atoms with Gasteiger partial charge in [0, 0.05) is 18.3 Å². The van der Waals surface area contributed by atoms with E-state index in [-0.39, 0.29) is 24.2 Å². The van der Waals surface area contributed by atoms with Crippen LogP contribution in [0.2, 0.25) is 0 Å². The van der Waals surface area contributed by atoms with Gasteiger partial charge >= 0.3 is 6.18 Å². The fraction of sp³-hybridized carbons (Fsp3) is 0.257. The van der Waals surface area contributed by atoms with E-state index >= 15 is 0 Å². The largest absolute Gasteiger partial charge is 0.416 e. The number of alkyl halides is 3. The molecule has 0 spiro atoms. The van der Waals surface area contributed by atoms with Crippen molar-refractivity contribution < 1.29 is 23.1 Å². The number of benzene rings is 3. The number of carbonyl (C=O) groups excluding carboxylic acids is 1. The molecule has 0 unspecified atom stereocenters. The number of aryl methyl sites for hydroxylation is 1. The third kappa shape index (κ3) is 5.65. The van der Waals surface area contributed by atoms with Gasteiger partial charge in [0.25, 0.3) is 11.5 Å². The van der Waals surface area contributed by atoms with E-state index in [9.17, 15) is 27.9 Å². The highest BCUT2D eigenvalue weighted by Crippen LogP contribution is 2.52. The van der Waals surface area contributed by atoms with Gasteiger partial charge in [-0.15, -0.1) is 11.3 Å². The number of rotatable bonds is 6. The molecule has 5 aromatic rings. The zero-order chi connectivity index (χ0) is 32.1. The molecule has 1 fully saturated rings. The third-order valence-electron chi connectivity index (χ3n) is 8.80. The van der Waals surface area contributed by atoms with Gasteiger partial charge in [-0.3, -0.25) is 9.59 Å². The highest BCUT2D eigenvalue weighted by atomic mass is 32.1. The average molecular weight is 643 g/mol. The van der Waals surface area contributed by atoms with Crippen molar-refractivity contribution >= 4 is 17.2 Å². The number of thiazole rings is 1. The van der Waals surface area contributed by atoms with Gasteiger partial charge in [-0.1, -0.05) is 60.7 Å². The van der Waals surface area contributed by atoms with E-state index in [1.807, 2.05) is 42.6 Å². The molecule has 0 radical (unpaired) electrons. The summed E-state index contributed by atoms with van der Waals surface area (Å²) in [5.74, 6) is -0.176. The van der Waals surface area contributed by atoms with Crippen molar-refractivity contribution in [2.24, 2.45) is 0 Å². The van der Waals surface area contributed by atoms with E-state index in [1.165, 1.54) is 11.0 Å². The Kier molecular flexibility index (Phi) is 7.60. The molecule has 2 aliphatic rings. The van der Waals surface area contributed by atoms with Crippen LogP contribution in [0.15, 0.2) is 89.9 Å². The molecular formula is C35H29F3N4O3S. The molecule has 3 aromatic carbocycles. The summed E-state index contributed by atoms with van der Waals surface area (Å²) >= 11 is 1.62. The van der Waals surface area contributed by atoms with Gasteiger partial charge in [-0.25, -0.2) is 9.97 Å². The number of aliphatic hydroxyl groups excluding tert-OH is 1. The number of hydrogen-bond donors (Lipinski definition) is 2. The number of halogens is 3. The number of aromatic amines is 1. The predicted octanol–water partition coefficient (Wildman–Crippen LogP) is 6.67. The second-order valence-corrected chi connectivity index (χ2v) is 12.8. The predicted molar refractivity (Wildman–Crippen MR) is 168 cm³/mol. The molecule has 1 saturated carbocycles. The quantitative estimate of drug-likeness (QED) is 0.216. The molecular weight excluding hydrogens is 613 g/mol. The molecule has 2 N–H and O–H groups in total. The maximum absolute atomic E-state index is 13.5. The molecule has 0 saturated heterocycles. The van der Waals surface area contributed by atoms with Crippen molar-refractivity contribution in [3.05, 3.63) is 129 Å². The Morgan fingerprint density at radius 2 is 1.76 bits per heavy atom. The van der Waals surface area contributed by atoms with Crippen LogP contribution in [0.25, 0.3) is 21.0 Å². The standard InChI is InChI=1S/C35H29F3N4O3S/c36-35(37,38)25-12-4-9-22(17-25)29(43)32(45)42-16-6-13-27-26(20-42)30(44)41-33(40-27)34(14-15-34)24-11-5-10-23(18-24)31-39-19-28(46-31)21-7-2-1-3-8-21/h1-5,7-12,17-19,29,43H,6,13-16,20H2,(H,40,41,44)/t29-/m1/s1. The molecule has 11 heteroatoms. The number of hydrogen-bond acceptors (Lipinski definition) is 6. The fourth-order valence-corrected chi connectivity index (χ4v) is 7.04.